The fraction of sp³-hybridized carbons (Fsp3) is 0.900. The van der Waals surface area contributed by atoms with E-state index < -0.39 is 0 Å². The average molecular weight is 330 g/mol. The maximum Gasteiger partial charge on any atom is 0.187 e. The summed E-state index contributed by atoms with van der Waals surface area (Å²) in [5.74, 6) is 3.29. The Morgan fingerprint density at radius 2 is 0.958 bits per heavy atom. The van der Waals surface area contributed by atoms with Gasteiger partial charge in [-0.25, -0.2) is 9.98 Å². The van der Waals surface area contributed by atoms with E-state index in [1.165, 1.54) is 77.0 Å². The number of hydrogen-bond donors (Lipinski definition) is 0. The van der Waals surface area contributed by atoms with Crippen LogP contribution in [0.3, 0.4) is 0 Å². The minimum atomic E-state index is 0.400. The molecule has 5 aliphatic rings. The first-order valence-corrected chi connectivity index (χ1v) is 10.4. The largest absolute Gasteiger partial charge is 0.475 e. The summed E-state index contributed by atoms with van der Waals surface area (Å²) in [5.41, 5.74) is 0. The quantitative estimate of drug-likeness (QED) is 0.759. The number of hydrogen-bond acceptors (Lipinski definition) is 4. The van der Waals surface area contributed by atoms with Gasteiger partial charge in [-0.1, -0.05) is 12.8 Å². The Morgan fingerprint density at radius 3 is 1.38 bits per heavy atom. The van der Waals surface area contributed by atoms with Crippen molar-refractivity contribution in [2.45, 2.75) is 101 Å². The molecule has 0 aromatic rings. The van der Waals surface area contributed by atoms with E-state index in [-0.39, 0.29) is 0 Å². The summed E-state index contributed by atoms with van der Waals surface area (Å²) in [4.78, 5) is 9.90. The normalized spacial score (nSPS) is 44.7. The van der Waals surface area contributed by atoms with Crippen LogP contribution in [-0.4, -0.2) is 36.1 Å². The van der Waals surface area contributed by atoms with Crippen molar-refractivity contribution < 1.29 is 9.47 Å². The molecular weight excluding hydrogens is 300 g/mol. The molecule has 3 fully saturated rings. The molecule has 3 aliphatic carbocycles. The van der Waals surface area contributed by atoms with Crippen LogP contribution in [0.1, 0.15) is 77.0 Å². The van der Waals surface area contributed by atoms with Crippen LogP contribution in [0.25, 0.3) is 0 Å². The third-order valence-electron chi connectivity index (χ3n) is 6.89. The number of rotatable bonds is 2. The molecule has 2 heterocycles. The Bertz CT molecular complexity index is 488. The molecule has 132 valence electrons. The predicted molar refractivity (Wildman–Crippen MR) is 94.6 cm³/mol. The molecule has 0 bridgehead atoms. The van der Waals surface area contributed by atoms with Crippen LogP contribution in [0.5, 0.6) is 0 Å². The van der Waals surface area contributed by atoms with Crippen molar-refractivity contribution in [2.24, 2.45) is 21.8 Å². The fourth-order valence-corrected chi connectivity index (χ4v) is 5.41. The molecule has 3 saturated carbocycles. The molecule has 0 N–H and O–H groups in total. The van der Waals surface area contributed by atoms with Crippen LogP contribution in [-0.2, 0) is 9.47 Å². The molecule has 4 heteroatoms. The lowest BCUT2D eigenvalue weighted by molar-refractivity contribution is 0.133. The highest BCUT2D eigenvalue weighted by atomic mass is 16.5. The van der Waals surface area contributed by atoms with E-state index in [0.29, 0.717) is 36.1 Å². The molecule has 0 aromatic carbocycles. The monoisotopic (exact) mass is 330 g/mol. The minimum Gasteiger partial charge on any atom is -0.475 e. The Labute approximate surface area is 145 Å². The van der Waals surface area contributed by atoms with Crippen molar-refractivity contribution in [2.75, 3.05) is 0 Å². The molecule has 0 saturated heterocycles. The van der Waals surface area contributed by atoms with Crippen molar-refractivity contribution in [3.8, 4) is 0 Å². The summed E-state index contributed by atoms with van der Waals surface area (Å²) < 4.78 is 12.5. The molecule has 0 aromatic heterocycles. The fourth-order valence-electron chi connectivity index (χ4n) is 5.41. The van der Waals surface area contributed by atoms with E-state index in [9.17, 15) is 0 Å². The summed E-state index contributed by atoms with van der Waals surface area (Å²) in [6.07, 6.45) is 15.7. The van der Waals surface area contributed by atoms with Crippen LogP contribution in [0.15, 0.2) is 9.98 Å². The zero-order valence-corrected chi connectivity index (χ0v) is 14.7. The van der Waals surface area contributed by atoms with Crippen LogP contribution < -0.4 is 0 Å². The second-order valence-electron chi connectivity index (χ2n) is 8.50. The Hall–Kier alpha value is -1.06. The predicted octanol–water partition coefficient (Wildman–Crippen LogP) is 4.27. The van der Waals surface area contributed by atoms with Crippen LogP contribution in [0, 0.1) is 11.8 Å². The molecular formula is C20H30N2O2. The van der Waals surface area contributed by atoms with Crippen molar-refractivity contribution in [1.82, 2.24) is 0 Å². The van der Waals surface area contributed by atoms with Gasteiger partial charge in [0, 0.05) is 11.8 Å². The Kier molecular flexibility index (Phi) is 4.02. The standard InChI is InChI=1S/C20H30N2O2/c1-3-7-17-15(5-1)21-19(23-17)13-9-11-14(12-10-13)20-22-16-6-2-4-8-18(16)24-20/h13-18H,1-12H2. The third-order valence-corrected chi connectivity index (χ3v) is 6.89. The summed E-state index contributed by atoms with van der Waals surface area (Å²) in [5, 5.41) is 0. The first-order valence-electron chi connectivity index (χ1n) is 10.4. The summed E-state index contributed by atoms with van der Waals surface area (Å²) in [6, 6.07) is 0.939. The van der Waals surface area contributed by atoms with Gasteiger partial charge in [-0.2, -0.15) is 0 Å². The zero-order valence-electron chi connectivity index (χ0n) is 14.7. The highest BCUT2D eigenvalue weighted by molar-refractivity contribution is 5.83. The Morgan fingerprint density at radius 1 is 0.542 bits per heavy atom. The van der Waals surface area contributed by atoms with Crippen molar-refractivity contribution >= 4 is 11.8 Å². The molecule has 0 spiro atoms. The van der Waals surface area contributed by atoms with Gasteiger partial charge in [0.2, 0.25) is 0 Å². The number of nitrogens with zero attached hydrogens (tertiary/aromatic N) is 2. The smallest absolute Gasteiger partial charge is 0.187 e. The third kappa shape index (κ3) is 2.76. The van der Waals surface area contributed by atoms with Crippen LogP contribution in [0.4, 0.5) is 0 Å². The van der Waals surface area contributed by atoms with E-state index in [4.69, 9.17) is 19.5 Å². The highest BCUT2D eigenvalue weighted by Crippen LogP contribution is 2.39. The van der Waals surface area contributed by atoms with Gasteiger partial charge >= 0.3 is 0 Å². The first-order chi connectivity index (χ1) is 11.9. The van der Waals surface area contributed by atoms with Gasteiger partial charge in [-0.3, -0.25) is 0 Å². The summed E-state index contributed by atoms with van der Waals surface area (Å²) >= 11 is 0. The van der Waals surface area contributed by atoms with Crippen LogP contribution in [0.2, 0.25) is 0 Å². The highest BCUT2D eigenvalue weighted by Gasteiger charge is 2.40. The van der Waals surface area contributed by atoms with E-state index in [0.717, 1.165) is 11.8 Å². The van der Waals surface area contributed by atoms with Gasteiger partial charge < -0.3 is 9.47 Å². The second-order valence-corrected chi connectivity index (χ2v) is 8.50. The topological polar surface area (TPSA) is 43.2 Å². The van der Waals surface area contributed by atoms with Gasteiger partial charge in [0.15, 0.2) is 11.8 Å². The number of aliphatic imine (C=N–C) groups is 2. The first kappa shape index (κ1) is 15.2. The van der Waals surface area contributed by atoms with Gasteiger partial charge in [-0.15, -0.1) is 0 Å². The number of ether oxygens (including phenoxy) is 2. The Balaban J connectivity index is 1.18. The average Bonchev–Trinajstić information content (AvgIpc) is 3.25. The van der Waals surface area contributed by atoms with E-state index in [1.54, 1.807) is 0 Å². The molecule has 5 rings (SSSR count). The molecule has 0 amide bonds. The molecule has 0 radical (unpaired) electrons. The van der Waals surface area contributed by atoms with Crippen molar-refractivity contribution in [3.05, 3.63) is 0 Å². The van der Waals surface area contributed by atoms with Crippen molar-refractivity contribution in [1.29, 1.82) is 0 Å². The van der Waals surface area contributed by atoms with Gasteiger partial charge in [0.05, 0.1) is 12.1 Å². The summed E-state index contributed by atoms with van der Waals surface area (Å²) in [7, 11) is 0. The van der Waals surface area contributed by atoms with Crippen molar-refractivity contribution in [3.63, 3.8) is 0 Å². The molecule has 24 heavy (non-hydrogen) atoms. The van der Waals surface area contributed by atoms with E-state index in [1.807, 2.05) is 0 Å². The SMILES string of the molecule is C1CCC2OC(C3CCC(C4=NC5CCCCC5O4)CC3)=NC2C1. The zero-order chi connectivity index (χ0) is 15.9. The molecule has 4 unspecified atom stereocenters. The lowest BCUT2D eigenvalue weighted by atomic mass is 9.81. The lowest BCUT2D eigenvalue weighted by Crippen LogP contribution is -2.30. The maximum atomic E-state index is 6.23. The minimum absolute atomic E-state index is 0.400. The second kappa shape index (κ2) is 6.34. The summed E-state index contributed by atoms with van der Waals surface area (Å²) in [6.45, 7) is 0. The van der Waals surface area contributed by atoms with Gasteiger partial charge in [-0.05, 0) is 64.2 Å². The van der Waals surface area contributed by atoms with Gasteiger partial charge in [0.1, 0.15) is 12.2 Å². The van der Waals surface area contributed by atoms with E-state index in [2.05, 4.69) is 0 Å². The molecule has 4 atom stereocenters. The maximum absolute atomic E-state index is 6.23. The lowest BCUT2D eigenvalue weighted by Gasteiger charge is -2.29. The number of fused-ring (bicyclic) bond motifs is 2. The molecule has 4 nitrogen and oxygen atoms in total. The van der Waals surface area contributed by atoms with Gasteiger partial charge in [0.25, 0.3) is 0 Å². The molecule has 2 aliphatic heterocycles. The van der Waals surface area contributed by atoms with Crippen LogP contribution >= 0.6 is 0 Å². The van der Waals surface area contributed by atoms with E-state index >= 15 is 0 Å².